The third-order valence-corrected chi connectivity index (χ3v) is 5.82. The average Bonchev–Trinajstić information content (AvgIpc) is 3.34. The molecule has 0 saturated carbocycles. The van der Waals surface area contributed by atoms with Crippen molar-refractivity contribution in [2.45, 2.75) is 45.4 Å². The average molecular weight is 560 g/mol. The number of aliphatic imine (C=N–C) groups is 1. The van der Waals surface area contributed by atoms with E-state index in [9.17, 15) is 0 Å². The predicted molar refractivity (Wildman–Crippen MR) is 144 cm³/mol. The van der Waals surface area contributed by atoms with Crippen LogP contribution >= 0.6 is 24.0 Å². The van der Waals surface area contributed by atoms with Crippen LogP contribution in [0.2, 0.25) is 0 Å². The molecule has 1 aliphatic heterocycles. The maximum atomic E-state index is 4.36. The highest BCUT2D eigenvalue weighted by Gasteiger charge is 2.10. The molecule has 0 radical (unpaired) electrons. The molecule has 2 aromatic carbocycles. The number of piperidine rings is 1. The Labute approximate surface area is 213 Å². The second-order valence-electron chi connectivity index (χ2n) is 8.35. The van der Waals surface area contributed by atoms with Crippen molar-refractivity contribution in [3.05, 3.63) is 83.4 Å². The Hall–Kier alpha value is -2.46. The zero-order valence-corrected chi connectivity index (χ0v) is 21.6. The summed E-state index contributed by atoms with van der Waals surface area (Å²) in [5, 5.41) is 11.0. The topological polar surface area (TPSA) is 70.4 Å². The highest BCUT2D eigenvalue weighted by Crippen LogP contribution is 2.13. The van der Waals surface area contributed by atoms with Crippen LogP contribution in [0.3, 0.4) is 0 Å². The Morgan fingerprint density at radius 3 is 2.27 bits per heavy atom. The highest BCUT2D eigenvalue weighted by atomic mass is 127. The number of halogens is 1. The summed E-state index contributed by atoms with van der Waals surface area (Å²) in [6.45, 7) is 5.69. The van der Waals surface area contributed by atoms with Crippen LogP contribution in [0.15, 0.2) is 66.2 Å². The van der Waals surface area contributed by atoms with Gasteiger partial charge in [0.05, 0.1) is 6.54 Å². The van der Waals surface area contributed by atoms with Crippen molar-refractivity contribution in [1.82, 2.24) is 30.3 Å². The number of benzene rings is 2. The first-order valence-electron chi connectivity index (χ1n) is 11.4. The van der Waals surface area contributed by atoms with E-state index >= 15 is 0 Å². The Bertz CT molecular complexity index is 980. The minimum absolute atomic E-state index is 0. The van der Waals surface area contributed by atoms with Gasteiger partial charge < -0.3 is 10.6 Å². The van der Waals surface area contributed by atoms with Gasteiger partial charge in [-0.1, -0.05) is 55.0 Å². The molecular weight excluding hydrogens is 525 g/mol. The van der Waals surface area contributed by atoms with Gasteiger partial charge in [-0.3, -0.25) is 9.89 Å². The molecule has 33 heavy (non-hydrogen) atoms. The summed E-state index contributed by atoms with van der Waals surface area (Å²) in [4.78, 5) is 10.9. The summed E-state index contributed by atoms with van der Waals surface area (Å²) >= 11 is 0. The van der Waals surface area contributed by atoms with Crippen LogP contribution in [0.4, 0.5) is 0 Å². The van der Waals surface area contributed by atoms with E-state index < -0.39 is 0 Å². The molecule has 1 fully saturated rings. The van der Waals surface area contributed by atoms with Gasteiger partial charge in [-0.05, 0) is 48.2 Å². The maximum Gasteiger partial charge on any atom is 0.191 e. The van der Waals surface area contributed by atoms with Crippen LogP contribution in [-0.4, -0.2) is 45.8 Å². The van der Waals surface area contributed by atoms with E-state index in [1.54, 1.807) is 19.7 Å². The molecule has 0 aliphatic carbocycles. The molecule has 176 valence electrons. The molecule has 1 aliphatic rings. The molecule has 2 N–H and O–H groups in total. The minimum Gasteiger partial charge on any atom is -0.352 e. The lowest BCUT2D eigenvalue weighted by atomic mass is 10.1. The van der Waals surface area contributed by atoms with Crippen molar-refractivity contribution in [2.24, 2.45) is 4.99 Å². The summed E-state index contributed by atoms with van der Waals surface area (Å²) < 4.78 is 1.82. The summed E-state index contributed by atoms with van der Waals surface area (Å²) in [6.07, 6.45) is 7.34. The van der Waals surface area contributed by atoms with Gasteiger partial charge >= 0.3 is 0 Å². The van der Waals surface area contributed by atoms with E-state index in [-0.39, 0.29) is 24.0 Å². The third-order valence-electron chi connectivity index (χ3n) is 5.82. The van der Waals surface area contributed by atoms with E-state index in [4.69, 9.17) is 0 Å². The van der Waals surface area contributed by atoms with Gasteiger partial charge in [0.1, 0.15) is 12.7 Å². The molecule has 0 atom stereocenters. The van der Waals surface area contributed by atoms with Crippen molar-refractivity contribution >= 4 is 29.9 Å². The quantitative estimate of drug-likeness (QED) is 0.250. The van der Waals surface area contributed by atoms with Gasteiger partial charge in [0, 0.05) is 26.7 Å². The second-order valence-corrected chi connectivity index (χ2v) is 8.35. The van der Waals surface area contributed by atoms with Gasteiger partial charge in [0.2, 0.25) is 0 Å². The van der Waals surface area contributed by atoms with E-state index in [0.29, 0.717) is 13.1 Å². The third kappa shape index (κ3) is 8.12. The first-order valence-corrected chi connectivity index (χ1v) is 11.4. The number of likely N-dealkylation sites (tertiary alicyclic amines) is 1. The number of nitrogens with one attached hydrogen (secondary N) is 2. The fraction of sp³-hybridized carbons (Fsp3) is 0.400. The summed E-state index contributed by atoms with van der Waals surface area (Å²) in [7, 11) is 1.80. The Kier molecular flexibility index (Phi) is 10.1. The molecular formula is C25H34IN7. The van der Waals surface area contributed by atoms with Crippen molar-refractivity contribution < 1.29 is 0 Å². The normalized spacial score (nSPS) is 14.5. The van der Waals surface area contributed by atoms with Crippen LogP contribution in [0.1, 0.15) is 41.5 Å². The SMILES string of the molecule is CN=C(NCc1ccc(CN2CCCCC2)cc1)NCc1cccc(Cn2cncn2)c1.I. The number of nitrogens with zero attached hydrogens (tertiary/aromatic N) is 5. The molecule has 0 amide bonds. The largest absolute Gasteiger partial charge is 0.352 e. The lowest BCUT2D eigenvalue weighted by molar-refractivity contribution is 0.221. The number of hydrogen-bond acceptors (Lipinski definition) is 4. The van der Waals surface area contributed by atoms with Crippen LogP contribution in [0.25, 0.3) is 0 Å². The monoisotopic (exact) mass is 559 g/mol. The lowest BCUT2D eigenvalue weighted by Crippen LogP contribution is -2.36. The number of rotatable bonds is 8. The fourth-order valence-corrected chi connectivity index (χ4v) is 4.07. The minimum atomic E-state index is 0. The summed E-state index contributed by atoms with van der Waals surface area (Å²) in [6, 6.07) is 17.4. The molecule has 2 heterocycles. The molecule has 3 aromatic rings. The number of guanidine groups is 1. The van der Waals surface area contributed by atoms with Crippen LogP contribution < -0.4 is 10.6 Å². The standard InChI is InChI=1S/C25H33N7.HI/c1-26-25(29-16-23-6-5-7-24(14-23)18-32-20-27-19-30-32)28-15-21-8-10-22(11-9-21)17-31-12-3-2-4-13-31;/h5-11,14,19-20H,2-4,12-13,15-18H2,1H3,(H2,26,28,29);1H. The van der Waals surface area contributed by atoms with E-state index in [0.717, 1.165) is 19.0 Å². The summed E-state index contributed by atoms with van der Waals surface area (Å²) in [5.74, 6) is 0.795. The molecule has 1 saturated heterocycles. The van der Waals surface area contributed by atoms with Gasteiger partial charge in [-0.2, -0.15) is 5.10 Å². The lowest BCUT2D eigenvalue weighted by Gasteiger charge is -2.26. The first-order chi connectivity index (χ1) is 15.8. The molecule has 4 rings (SSSR count). The molecule has 8 heteroatoms. The molecule has 0 unspecified atom stereocenters. The number of aromatic nitrogens is 3. The zero-order valence-electron chi connectivity index (χ0n) is 19.3. The maximum absolute atomic E-state index is 4.36. The fourth-order valence-electron chi connectivity index (χ4n) is 4.07. The van der Waals surface area contributed by atoms with Gasteiger partial charge in [0.15, 0.2) is 5.96 Å². The van der Waals surface area contributed by atoms with Gasteiger partial charge in [-0.25, -0.2) is 9.67 Å². The first kappa shape index (κ1) is 25.2. The van der Waals surface area contributed by atoms with Gasteiger partial charge in [-0.15, -0.1) is 24.0 Å². The predicted octanol–water partition coefficient (Wildman–Crippen LogP) is 3.80. The van der Waals surface area contributed by atoms with Crippen LogP contribution in [0.5, 0.6) is 0 Å². The second kappa shape index (κ2) is 13.3. The van der Waals surface area contributed by atoms with Crippen molar-refractivity contribution in [3.8, 4) is 0 Å². The molecule has 0 spiro atoms. The van der Waals surface area contributed by atoms with Gasteiger partial charge in [0.25, 0.3) is 0 Å². The Morgan fingerprint density at radius 2 is 1.58 bits per heavy atom. The summed E-state index contributed by atoms with van der Waals surface area (Å²) in [5.41, 5.74) is 5.05. The van der Waals surface area contributed by atoms with Crippen molar-refractivity contribution in [3.63, 3.8) is 0 Å². The highest BCUT2D eigenvalue weighted by molar-refractivity contribution is 14.0. The Morgan fingerprint density at radius 1 is 0.879 bits per heavy atom. The van der Waals surface area contributed by atoms with E-state index in [2.05, 4.69) is 79.1 Å². The van der Waals surface area contributed by atoms with E-state index in [1.165, 1.54) is 54.6 Å². The smallest absolute Gasteiger partial charge is 0.191 e. The number of hydrogen-bond donors (Lipinski definition) is 2. The van der Waals surface area contributed by atoms with Crippen molar-refractivity contribution in [2.75, 3.05) is 20.1 Å². The van der Waals surface area contributed by atoms with Crippen molar-refractivity contribution in [1.29, 1.82) is 0 Å². The van der Waals surface area contributed by atoms with Crippen LogP contribution in [-0.2, 0) is 26.2 Å². The Balaban J connectivity index is 0.00000306. The molecule has 0 bridgehead atoms. The zero-order chi connectivity index (χ0) is 22.0. The molecule has 1 aromatic heterocycles. The van der Waals surface area contributed by atoms with E-state index in [1.807, 2.05) is 4.68 Å². The molecule has 7 nitrogen and oxygen atoms in total. The van der Waals surface area contributed by atoms with Crippen LogP contribution in [0, 0.1) is 0 Å².